The first-order chi connectivity index (χ1) is 14.2. The molecule has 7 nitrogen and oxygen atoms in total. The van der Waals surface area contributed by atoms with E-state index in [0.717, 1.165) is 5.39 Å². The second-order valence-electron chi connectivity index (χ2n) is 7.27. The van der Waals surface area contributed by atoms with Gasteiger partial charge >= 0.3 is 0 Å². The molecule has 2 aromatic carbocycles. The molecule has 3 heterocycles. The van der Waals surface area contributed by atoms with Crippen molar-refractivity contribution in [3.63, 3.8) is 0 Å². The second kappa shape index (κ2) is 7.16. The Hall–Kier alpha value is -3.48. The number of piperidine rings is 1. The molecule has 29 heavy (non-hydrogen) atoms. The van der Waals surface area contributed by atoms with E-state index in [1.165, 1.54) is 0 Å². The molecule has 0 bridgehead atoms. The van der Waals surface area contributed by atoms with Gasteiger partial charge < -0.3 is 24.1 Å². The van der Waals surface area contributed by atoms with Crippen LogP contribution in [-0.4, -0.2) is 36.6 Å². The first-order valence-electron chi connectivity index (χ1n) is 9.66. The van der Waals surface area contributed by atoms with E-state index in [2.05, 4.69) is 5.32 Å². The molecule has 7 heteroatoms. The molecule has 0 aliphatic carbocycles. The zero-order chi connectivity index (χ0) is 19.8. The van der Waals surface area contributed by atoms with Crippen molar-refractivity contribution in [3.8, 4) is 11.5 Å². The summed E-state index contributed by atoms with van der Waals surface area (Å²) in [7, 11) is 0. The number of amides is 2. The maximum atomic E-state index is 12.8. The lowest BCUT2D eigenvalue weighted by molar-refractivity contribution is -0.121. The molecule has 0 spiro atoms. The molecule has 2 amide bonds. The maximum Gasteiger partial charge on any atom is 0.289 e. The minimum atomic E-state index is -0.139. The Morgan fingerprint density at radius 2 is 1.76 bits per heavy atom. The van der Waals surface area contributed by atoms with Gasteiger partial charge in [-0.3, -0.25) is 9.59 Å². The van der Waals surface area contributed by atoms with E-state index < -0.39 is 0 Å². The van der Waals surface area contributed by atoms with Gasteiger partial charge in [-0.1, -0.05) is 18.2 Å². The second-order valence-corrected chi connectivity index (χ2v) is 7.27. The number of carbonyl (C=O) groups excluding carboxylic acids is 2. The Balaban J connectivity index is 1.19. The van der Waals surface area contributed by atoms with Crippen LogP contribution in [0.3, 0.4) is 0 Å². The number of nitrogens with zero attached hydrogens (tertiary/aromatic N) is 1. The molecule has 0 atom stereocenters. The quantitative estimate of drug-likeness (QED) is 0.736. The predicted molar refractivity (Wildman–Crippen MR) is 106 cm³/mol. The van der Waals surface area contributed by atoms with Gasteiger partial charge in [-0.25, -0.2) is 0 Å². The van der Waals surface area contributed by atoms with Gasteiger partial charge in [0.1, 0.15) is 5.58 Å². The average molecular weight is 392 g/mol. The number of para-hydroxylation sites is 1. The highest BCUT2D eigenvalue weighted by Gasteiger charge is 2.29. The van der Waals surface area contributed by atoms with Crippen LogP contribution < -0.4 is 14.8 Å². The number of hydrogen-bond acceptors (Lipinski definition) is 5. The molecule has 1 saturated heterocycles. The Bertz CT molecular complexity index is 1050. The third-order valence-electron chi connectivity index (χ3n) is 5.43. The molecule has 0 saturated carbocycles. The average Bonchev–Trinajstić information content (AvgIpc) is 3.39. The van der Waals surface area contributed by atoms with E-state index >= 15 is 0 Å². The fourth-order valence-corrected chi connectivity index (χ4v) is 3.81. The minimum Gasteiger partial charge on any atom is -0.454 e. The van der Waals surface area contributed by atoms with Crippen LogP contribution >= 0.6 is 0 Å². The van der Waals surface area contributed by atoms with Crippen molar-refractivity contribution in [1.82, 2.24) is 4.90 Å². The molecule has 1 fully saturated rings. The van der Waals surface area contributed by atoms with Gasteiger partial charge in [0.05, 0.1) is 0 Å². The molecule has 1 N–H and O–H groups in total. The highest BCUT2D eigenvalue weighted by atomic mass is 16.7. The number of nitrogens with one attached hydrogen (secondary N) is 1. The lowest BCUT2D eigenvalue weighted by atomic mass is 9.95. The SMILES string of the molecule is O=C(Nc1ccc2c(c1)OCO2)C1CCN(C(=O)c2cc3ccccc3o2)CC1. The summed E-state index contributed by atoms with van der Waals surface area (Å²) in [4.78, 5) is 27.1. The summed E-state index contributed by atoms with van der Waals surface area (Å²) < 4.78 is 16.3. The van der Waals surface area contributed by atoms with Crippen molar-refractivity contribution in [1.29, 1.82) is 0 Å². The monoisotopic (exact) mass is 392 g/mol. The number of rotatable bonds is 3. The van der Waals surface area contributed by atoms with Crippen LogP contribution in [0.25, 0.3) is 11.0 Å². The van der Waals surface area contributed by atoms with Crippen LogP contribution in [0.4, 0.5) is 5.69 Å². The van der Waals surface area contributed by atoms with Crippen LogP contribution in [-0.2, 0) is 4.79 Å². The van der Waals surface area contributed by atoms with E-state index in [1.54, 1.807) is 29.2 Å². The summed E-state index contributed by atoms with van der Waals surface area (Å²) in [5.74, 6) is 1.35. The molecule has 0 radical (unpaired) electrons. The summed E-state index contributed by atoms with van der Waals surface area (Å²) in [6.07, 6.45) is 1.23. The summed E-state index contributed by atoms with van der Waals surface area (Å²) >= 11 is 0. The third kappa shape index (κ3) is 3.40. The number of carbonyl (C=O) groups is 2. The number of hydrogen-bond donors (Lipinski definition) is 1. The van der Waals surface area contributed by atoms with E-state index in [4.69, 9.17) is 13.9 Å². The van der Waals surface area contributed by atoms with Crippen LogP contribution in [0.2, 0.25) is 0 Å². The van der Waals surface area contributed by atoms with Gasteiger partial charge in [0.15, 0.2) is 17.3 Å². The van der Waals surface area contributed by atoms with E-state index in [-0.39, 0.29) is 24.5 Å². The zero-order valence-corrected chi connectivity index (χ0v) is 15.7. The maximum absolute atomic E-state index is 12.8. The standard InChI is InChI=1S/C22H20N2O5/c25-21(23-16-5-6-18-19(12-16)28-13-27-18)14-7-9-24(10-8-14)22(26)20-11-15-3-1-2-4-17(15)29-20/h1-6,11-12,14H,7-10,13H2,(H,23,25). The lowest BCUT2D eigenvalue weighted by Gasteiger charge is -2.30. The molecule has 2 aliphatic rings. The largest absolute Gasteiger partial charge is 0.454 e. The van der Waals surface area contributed by atoms with E-state index in [1.807, 2.05) is 24.3 Å². The smallest absolute Gasteiger partial charge is 0.289 e. The van der Waals surface area contributed by atoms with Crippen LogP contribution in [0, 0.1) is 5.92 Å². The van der Waals surface area contributed by atoms with Crippen molar-refractivity contribution >= 4 is 28.5 Å². The number of fused-ring (bicyclic) bond motifs is 2. The fourth-order valence-electron chi connectivity index (χ4n) is 3.81. The number of anilines is 1. The molecule has 2 aliphatic heterocycles. The first kappa shape index (κ1) is 17.6. The van der Waals surface area contributed by atoms with E-state index in [0.29, 0.717) is 54.5 Å². The van der Waals surface area contributed by atoms with Crippen molar-refractivity contribution in [2.75, 3.05) is 25.2 Å². The van der Waals surface area contributed by atoms with Crippen molar-refractivity contribution in [2.45, 2.75) is 12.8 Å². The minimum absolute atomic E-state index is 0.0419. The number of likely N-dealkylation sites (tertiary alicyclic amines) is 1. The fraction of sp³-hybridized carbons (Fsp3) is 0.273. The van der Waals surface area contributed by atoms with Crippen molar-refractivity contribution in [3.05, 3.63) is 54.3 Å². The van der Waals surface area contributed by atoms with Crippen molar-refractivity contribution < 1.29 is 23.5 Å². The molecular formula is C22H20N2O5. The molecule has 5 rings (SSSR count). The molecule has 0 unspecified atom stereocenters. The predicted octanol–water partition coefficient (Wildman–Crippen LogP) is 3.65. The topological polar surface area (TPSA) is 81.0 Å². The molecule has 148 valence electrons. The molecule has 3 aromatic rings. The Labute approximate surface area is 167 Å². The highest BCUT2D eigenvalue weighted by molar-refractivity contribution is 5.96. The van der Waals surface area contributed by atoms with Crippen LogP contribution in [0.1, 0.15) is 23.4 Å². The zero-order valence-electron chi connectivity index (χ0n) is 15.7. The molecule has 1 aromatic heterocycles. The first-order valence-corrected chi connectivity index (χ1v) is 9.66. The van der Waals surface area contributed by atoms with Gasteiger partial charge in [-0.05, 0) is 37.1 Å². The van der Waals surface area contributed by atoms with Gasteiger partial charge in [-0.15, -0.1) is 0 Å². The van der Waals surface area contributed by atoms with Crippen LogP contribution in [0.5, 0.6) is 11.5 Å². The van der Waals surface area contributed by atoms with Gasteiger partial charge in [-0.2, -0.15) is 0 Å². The lowest BCUT2D eigenvalue weighted by Crippen LogP contribution is -2.41. The summed E-state index contributed by atoms with van der Waals surface area (Å²) in [6, 6.07) is 14.7. The van der Waals surface area contributed by atoms with Gasteiger partial charge in [0, 0.05) is 36.1 Å². The Morgan fingerprint density at radius 1 is 0.966 bits per heavy atom. The normalized spacial score (nSPS) is 16.2. The van der Waals surface area contributed by atoms with Gasteiger partial charge in [0.2, 0.25) is 12.7 Å². The third-order valence-corrected chi connectivity index (χ3v) is 5.43. The summed E-state index contributed by atoms with van der Waals surface area (Å²) in [5.41, 5.74) is 1.38. The number of benzene rings is 2. The summed E-state index contributed by atoms with van der Waals surface area (Å²) in [5, 5.41) is 3.85. The number of ether oxygens (including phenoxy) is 2. The molecular weight excluding hydrogens is 372 g/mol. The highest BCUT2D eigenvalue weighted by Crippen LogP contribution is 2.34. The van der Waals surface area contributed by atoms with E-state index in [9.17, 15) is 9.59 Å². The number of furan rings is 1. The Morgan fingerprint density at radius 3 is 2.59 bits per heavy atom. The summed E-state index contributed by atoms with van der Waals surface area (Å²) in [6.45, 7) is 1.24. The van der Waals surface area contributed by atoms with Gasteiger partial charge in [0.25, 0.3) is 5.91 Å². The van der Waals surface area contributed by atoms with Crippen LogP contribution in [0.15, 0.2) is 52.9 Å². The van der Waals surface area contributed by atoms with Crippen molar-refractivity contribution in [2.24, 2.45) is 5.92 Å². The Kier molecular flexibility index (Phi) is 4.35.